The minimum atomic E-state index is -0.777. The second-order valence-corrected chi connectivity index (χ2v) is 4.08. The number of ether oxygens (including phenoxy) is 1. The van der Waals surface area contributed by atoms with Gasteiger partial charge in [-0.3, -0.25) is 4.79 Å². The summed E-state index contributed by atoms with van der Waals surface area (Å²) >= 11 is 1.51. The molecule has 70 valence electrons. The lowest BCUT2D eigenvalue weighted by atomic mass is 9.91. The first-order chi connectivity index (χ1) is 6.22. The van der Waals surface area contributed by atoms with Gasteiger partial charge in [0.1, 0.15) is 5.54 Å². The lowest BCUT2D eigenvalue weighted by molar-refractivity contribution is 0.0863. The number of hydrogen-bond acceptors (Lipinski definition) is 4. The largest absolute Gasteiger partial charge is 0.379 e. The van der Waals surface area contributed by atoms with Crippen LogP contribution in [0.2, 0.25) is 0 Å². The van der Waals surface area contributed by atoms with E-state index >= 15 is 0 Å². The summed E-state index contributed by atoms with van der Waals surface area (Å²) in [6, 6.07) is 1.81. The Balaban J connectivity index is 2.21. The van der Waals surface area contributed by atoms with E-state index in [0.717, 1.165) is 0 Å². The monoisotopic (exact) mass is 197 g/mol. The minimum Gasteiger partial charge on any atom is -0.379 e. The quantitative estimate of drug-likeness (QED) is 0.721. The molecule has 1 fully saturated rings. The predicted molar refractivity (Wildman–Crippen MR) is 51.0 cm³/mol. The zero-order chi connectivity index (χ0) is 9.31. The van der Waals surface area contributed by atoms with Gasteiger partial charge < -0.3 is 10.5 Å². The Morgan fingerprint density at radius 1 is 1.69 bits per heavy atom. The van der Waals surface area contributed by atoms with Crippen LogP contribution in [-0.4, -0.2) is 24.5 Å². The van der Waals surface area contributed by atoms with Gasteiger partial charge in [0.25, 0.3) is 0 Å². The summed E-state index contributed by atoms with van der Waals surface area (Å²) < 4.78 is 5.14. The van der Waals surface area contributed by atoms with Crippen LogP contribution in [0, 0.1) is 0 Å². The van der Waals surface area contributed by atoms with E-state index in [-0.39, 0.29) is 5.78 Å². The summed E-state index contributed by atoms with van der Waals surface area (Å²) in [6.45, 7) is 0.939. The molecule has 0 radical (unpaired) electrons. The highest BCUT2D eigenvalue weighted by molar-refractivity contribution is 7.08. The van der Waals surface area contributed by atoms with Gasteiger partial charge in [0, 0.05) is 17.6 Å². The maximum atomic E-state index is 11.8. The van der Waals surface area contributed by atoms with Gasteiger partial charge in [-0.25, -0.2) is 0 Å². The number of carbonyl (C=O) groups is 1. The molecule has 3 nitrogen and oxygen atoms in total. The molecular weight excluding hydrogens is 186 g/mol. The molecule has 1 unspecified atom stereocenters. The van der Waals surface area contributed by atoms with Gasteiger partial charge >= 0.3 is 0 Å². The Morgan fingerprint density at radius 2 is 2.54 bits per heavy atom. The Morgan fingerprint density at radius 3 is 3.08 bits per heavy atom. The van der Waals surface area contributed by atoms with E-state index in [1.807, 2.05) is 10.8 Å². The third kappa shape index (κ3) is 1.52. The number of ketones is 1. The van der Waals surface area contributed by atoms with Crippen molar-refractivity contribution in [1.29, 1.82) is 0 Å². The maximum Gasteiger partial charge on any atom is 0.185 e. The summed E-state index contributed by atoms with van der Waals surface area (Å²) in [5.74, 6) is 0.00579. The molecule has 0 amide bonds. The fourth-order valence-corrected chi connectivity index (χ4v) is 2.08. The summed E-state index contributed by atoms with van der Waals surface area (Å²) in [5.41, 5.74) is 5.85. The van der Waals surface area contributed by atoms with E-state index in [4.69, 9.17) is 10.5 Å². The highest BCUT2D eigenvalue weighted by Gasteiger charge is 2.38. The zero-order valence-corrected chi connectivity index (χ0v) is 7.97. The number of thiophene rings is 1. The Hall–Kier alpha value is -0.710. The van der Waals surface area contributed by atoms with Gasteiger partial charge in [0.05, 0.1) is 6.61 Å². The van der Waals surface area contributed by atoms with Crippen molar-refractivity contribution >= 4 is 17.1 Å². The van der Waals surface area contributed by atoms with Crippen LogP contribution in [0.25, 0.3) is 0 Å². The van der Waals surface area contributed by atoms with Crippen molar-refractivity contribution in [3.8, 4) is 0 Å². The number of hydrogen-bond donors (Lipinski definition) is 1. The van der Waals surface area contributed by atoms with Crippen molar-refractivity contribution in [1.82, 2.24) is 0 Å². The van der Waals surface area contributed by atoms with E-state index in [1.54, 1.807) is 6.07 Å². The van der Waals surface area contributed by atoms with E-state index in [9.17, 15) is 4.79 Å². The molecule has 2 rings (SSSR count). The first-order valence-electron chi connectivity index (χ1n) is 4.16. The summed E-state index contributed by atoms with van der Waals surface area (Å²) in [6.07, 6.45) is 0.627. The highest BCUT2D eigenvalue weighted by Crippen LogP contribution is 2.22. The fraction of sp³-hybridized carbons (Fsp3) is 0.444. The molecule has 1 saturated heterocycles. The van der Waals surface area contributed by atoms with Crippen molar-refractivity contribution in [2.75, 3.05) is 13.2 Å². The molecule has 13 heavy (non-hydrogen) atoms. The third-order valence-corrected chi connectivity index (χ3v) is 2.97. The van der Waals surface area contributed by atoms with Crippen molar-refractivity contribution in [3.05, 3.63) is 22.4 Å². The van der Waals surface area contributed by atoms with Gasteiger partial charge in [-0.15, -0.1) is 0 Å². The second kappa shape index (κ2) is 3.21. The van der Waals surface area contributed by atoms with Crippen molar-refractivity contribution < 1.29 is 9.53 Å². The van der Waals surface area contributed by atoms with Gasteiger partial charge in [-0.2, -0.15) is 11.3 Å². The third-order valence-electron chi connectivity index (χ3n) is 2.29. The normalized spacial score (nSPS) is 27.8. The molecule has 1 aliphatic heterocycles. The highest BCUT2D eigenvalue weighted by atomic mass is 32.1. The molecule has 0 aromatic carbocycles. The van der Waals surface area contributed by atoms with E-state index in [1.165, 1.54) is 11.3 Å². The summed E-state index contributed by atoms with van der Waals surface area (Å²) in [5, 5.41) is 3.71. The Kier molecular flexibility index (Phi) is 2.19. The van der Waals surface area contributed by atoms with Gasteiger partial charge in [0.2, 0.25) is 0 Å². The molecule has 0 bridgehead atoms. The maximum absolute atomic E-state index is 11.8. The Bertz CT molecular complexity index is 301. The standard InChI is InChI=1S/C9H11NO2S/c10-9(2-3-12-6-9)8(11)7-1-4-13-5-7/h1,4-5H,2-3,6,10H2. The van der Waals surface area contributed by atoms with Crippen molar-refractivity contribution in [2.24, 2.45) is 5.73 Å². The zero-order valence-electron chi connectivity index (χ0n) is 7.16. The summed E-state index contributed by atoms with van der Waals surface area (Å²) in [7, 11) is 0. The van der Waals surface area contributed by atoms with Crippen LogP contribution in [0.4, 0.5) is 0 Å². The molecule has 0 saturated carbocycles. The van der Waals surface area contributed by atoms with Gasteiger partial charge in [-0.1, -0.05) is 0 Å². The van der Waals surface area contributed by atoms with E-state index in [2.05, 4.69) is 0 Å². The fourth-order valence-electron chi connectivity index (χ4n) is 1.44. The van der Waals surface area contributed by atoms with Crippen LogP contribution in [-0.2, 0) is 4.74 Å². The molecule has 0 aliphatic carbocycles. The second-order valence-electron chi connectivity index (χ2n) is 3.30. The SMILES string of the molecule is NC1(C(=O)c2ccsc2)CCOC1. The number of carbonyl (C=O) groups excluding carboxylic acids is 1. The van der Waals surface area contributed by atoms with Crippen LogP contribution >= 0.6 is 11.3 Å². The molecule has 2 heterocycles. The van der Waals surface area contributed by atoms with Crippen LogP contribution in [0.3, 0.4) is 0 Å². The topological polar surface area (TPSA) is 52.3 Å². The number of rotatable bonds is 2. The van der Waals surface area contributed by atoms with Gasteiger partial charge in [0.15, 0.2) is 5.78 Å². The molecule has 1 aromatic heterocycles. The average molecular weight is 197 g/mol. The molecule has 1 aromatic rings. The smallest absolute Gasteiger partial charge is 0.185 e. The first kappa shape index (κ1) is 8.87. The van der Waals surface area contributed by atoms with Crippen LogP contribution in [0.5, 0.6) is 0 Å². The Labute approximate surface area is 80.5 Å². The minimum absolute atomic E-state index is 0.00579. The van der Waals surface area contributed by atoms with Crippen LogP contribution in [0.15, 0.2) is 16.8 Å². The lowest BCUT2D eigenvalue weighted by Crippen LogP contribution is -2.48. The van der Waals surface area contributed by atoms with Crippen LogP contribution < -0.4 is 5.73 Å². The van der Waals surface area contributed by atoms with Crippen molar-refractivity contribution in [3.63, 3.8) is 0 Å². The molecule has 1 atom stereocenters. The first-order valence-corrected chi connectivity index (χ1v) is 5.10. The summed E-state index contributed by atoms with van der Waals surface area (Å²) in [4.78, 5) is 11.8. The number of nitrogens with two attached hydrogens (primary N) is 1. The van der Waals surface area contributed by atoms with Crippen molar-refractivity contribution in [2.45, 2.75) is 12.0 Å². The predicted octanol–water partition coefficient (Wildman–Crippen LogP) is 1.05. The molecule has 1 aliphatic rings. The average Bonchev–Trinajstić information content (AvgIpc) is 2.73. The van der Waals surface area contributed by atoms with E-state index in [0.29, 0.717) is 25.2 Å². The van der Waals surface area contributed by atoms with Crippen LogP contribution in [0.1, 0.15) is 16.8 Å². The van der Waals surface area contributed by atoms with E-state index < -0.39 is 5.54 Å². The van der Waals surface area contributed by atoms with Gasteiger partial charge in [-0.05, 0) is 17.9 Å². The molecular formula is C9H11NO2S. The number of Topliss-reactive ketones (excluding diaryl/α,β-unsaturated/α-hetero) is 1. The molecule has 4 heteroatoms. The molecule has 0 spiro atoms. The molecule has 2 N–H and O–H groups in total. The lowest BCUT2D eigenvalue weighted by Gasteiger charge is -2.18.